The predicted octanol–water partition coefficient (Wildman–Crippen LogP) is 4.88. The third-order valence-electron chi connectivity index (χ3n) is 4.13. The van der Waals surface area contributed by atoms with Crippen molar-refractivity contribution in [1.29, 1.82) is 0 Å². The first-order valence-electron chi connectivity index (χ1n) is 8.83. The smallest absolute Gasteiger partial charge is 0.136 e. The summed E-state index contributed by atoms with van der Waals surface area (Å²) < 4.78 is 13.7. The van der Waals surface area contributed by atoms with Gasteiger partial charge in [-0.25, -0.2) is 14.4 Å². The van der Waals surface area contributed by atoms with Gasteiger partial charge in [-0.2, -0.15) is 0 Å². The van der Waals surface area contributed by atoms with Crippen molar-refractivity contribution < 1.29 is 4.39 Å². The molecule has 0 saturated carbocycles. The lowest BCUT2D eigenvalue weighted by Gasteiger charge is -2.11. The van der Waals surface area contributed by atoms with Crippen LogP contribution in [0.4, 0.5) is 21.7 Å². The Kier molecular flexibility index (Phi) is 5.79. The maximum atomic E-state index is 13.7. The first kappa shape index (κ1) is 17.9. The van der Waals surface area contributed by atoms with Gasteiger partial charge in [0.25, 0.3) is 0 Å². The van der Waals surface area contributed by atoms with E-state index in [0.717, 1.165) is 23.7 Å². The summed E-state index contributed by atoms with van der Waals surface area (Å²) in [5.74, 6) is 1.95. The summed E-state index contributed by atoms with van der Waals surface area (Å²) in [5.41, 5.74) is 2.97. The SMILES string of the molecule is CCc1ccc(Nc2cc(NCCc3ccccc3F)nc(C)n2)cc1. The van der Waals surface area contributed by atoms with Gasteiger partial charge in [-0.1, -0.05) is 37.3 Å². The van der Waals surface area contributed by atoms with Crippen molar-refractivity contribution in [1.82, 2.24) is 9.97 Å². The minimum absolute atomic E-state index is 0.175. The molecular weight excluding hydrogens is 327 g/mol. The summed E-state index contributed by atoms with van der Waals surface area (Å²) in [6, 6.07) is 17.0. The second-order valence-corrected chi connectivity index (χ2v) is 6.13. The summed E-state index contributed by atoms with van der Waals surface area (Å²) in [7, 11) is 0. The second-order valence-electron chi connectivity index (χ2n) is 6.13. The van der Waals surface area contributed by atoms with Crippen molar-refractivity contribution in [2.45, 2.75) is 26.7 Å². The van der Waals surface area contributed by atoms with E-state index in [2.05, 4.69) is 39.7 Å². The average Bonchev–Trinajstić information content (AvgIpc) is 2.63. The molecule has 0 aliphatic heterocycles. The van der Waals surface area contributed by atoms with Crippen LogP contribution in [0.15, 0.2) is 54.6 Å². The highest BCUT2D eigenvalue weighted by Crippen LogP contribution is 2.18. The Hall–Kier alpha value is -2.95. The number of hydrogen-bond acceptors (Lipinski definition) is 4. The zero-order valence-electron chi connectivity index (χ0n) is 15.1. The van der Waals surface area contributed by atoms with Crippen LogP contribution in [0.2, 0.25) is 0 Å². The quantitative estimate of drug-likeness (QED) is 0.637. The molecule has 1 heterocycles. The normalized spacial score (nSPS) is 10.6. The lowest BCUT2D eigenvalue weighted by atomic mass is 10.1. The van der Waals surface area contributed by atoms with Gasteiger partial charge in [0.1, 0.15) is 23.3 Å². The number of benzene rings is 2. The van der Waals surface area contributed by atoms with Crippen LogP contribution in [0.5, 0.6) is 0 Å². The first-order valence-corrected chi connectivity index (χ1v) is 8.83. The highest BCUT2D eigenvalue weighted by molar-refractivity contribution is 5.59. The molecule has 0 aliphatic carbocycles. The van der Waals surface area contributed by atoms with E-state index >= 15 is 0 Å². The van der Waals surface area contributed by atoms with Gasteiger partial charge in [-0.05, 0) is 49.1 Å². The molecule has 5 heteroatoms. The average molecular weight is 350 g/mol. The van der Waals surface area contributed by atoms with Crippen LogP contribution in [0, 0.1) is 12.7 Å². The summed E-state index contributed by atoms with van der Waals surface area (Å²) in [4.78, 5) is 8.83. The number of rotatable bonds is 7. The highest BCUT2D eigenvalue weighted by atomic mass is 19.1. The molecule has 3 aromatic rings. The van der Waals surface area contributed by atoms with E-state index in [9.17, 15) is 4.39 Å². The van der Waals surface area contributed by atoms with Gasteiger partial charge in [0.15, 0.2) is 0 Å². The minimum atomic E-state index is -0.175. The lowest BCUT2D eigenvalue weighted by Crippen LogP contribution is -2.09. The molecule has 0 fully saturated rings. The molecule has 4 nitrogen and oxygen atoms in total. The highest BCUT2D eigenvalue weighted by Gasteiger charge is 2.04. The number of hydrogen-bond donors (Lipinski definition) is 2. The number of nitrogens with one attached hydrogen (secondary N) is 2. The topological polar surface area (TPSA) is 49.8 Å². The van der Waals surface area contributed by atoms with Crippen LogP contribution in [-0.4, -0.2) is 16.5 Å². The second kappa shape index (κ2) is 8.43. The Morgan fingerprint density at radius 3 is 2.42 bits per heavy atom. The van der Waals surface area contributed by atoms with Gasteiger partial charge in [0.2, 0.25) is 0 Å². The van der Waals surface area contributed by atoms with Crippen molar-refractivity contribution >= 4 is 17.3 Å². The molecule has 2 N–H and O–H groups in total. The van der Waals surface area contributed by atoms with Gasteiger partial charge >= 0.3 is 0 Å². The zero-order valence-corrected chi connectivity index (χ0v) is 15.1. The zero-order chi connectivity index (χ0) is 18.4. The molecule has 0 aliphatic rings. The van der Waals surface area contributed by atoms with E-state index in [0.29, 0.717) is 24.4 Å². The largest absolute Gasteiger partial charge is 0.370 e. The molecule has 3 rings (SSSR count). The third kappa shape index (κ3) is 4.79. The summed E-state index contributed by atoms with van der Waals surface area (Å²) >= 11 is 0. The lowest BCUT2D eigenvalue weighted by molar-refractivity contribution is 0.610. The first-order chi connectivity index (χ1) is 12.6. The number of aryl methyl sites for hydroxylation is 2. The van der Waals surface area contributed by atoms with E-state index < -0.39 is 0 Å². The fourth-order valence-electron chi connectivity index (χ4n) is 2.72. The molecule has 0 unspecified atom stereocenters. The molecule has 0 bridgehead atoms. The minimum Gasteiger partial charge on any atom is -0.370 e. The van der Waals surface area contributed by atoms with Gasteiger partial charge in [0.05, 0.1) is 0 Å². The van der Waals surface area contributed by atoms with E-state index in [4.69, 9.17) is 0 Å². The van der Waals surface area contributed by atoms with E-state index in [1.807, 2.05) is 31.2 Å². The summed E-state index contributed by atoms with van der Waals surface area (Å²) in [6.45, 7) is 4.59. The van der Waals surface area contributed by atoms with Crippen molar-refractivity contribution in [3.05, 3.63) is 77.4 Å². The van der Waals surface area contributed by atoms with Gasteiger partial charge in [-0.15, -0.1) is 0 Å². The Balaban J connectivity index is 1.64. The Morgan fingerprint density at radius 1 is 0.962 bits per heavy atom. The van der Waals surface area contributed by atoms with Crippen molar-refractivity contribution in [2.24, 2.45) is 0 Å². The standard InChI is InChI=1S/C21H23FN4/c1-3-16-8-10-18(11-9-16)26-21-14-20(24-15(2)25-21)23-13-12-17-6-4-5-7-19(17)22/h4-11,14H,3,12-13H2,1-2H3,(H2,23,24,25,26). The van der Waals surface area contributed by atoms with Gasteiger partial charge in [0, 0.05) is 18.3 Å². The van der Waals surface area contributed by atoms with Crippen LogP contribution in [0.1, 0.15) is 23.9 Å². The number of anilines is 3. The van der Waals surface area contributed by atoms with Gasteiger partial charge < -0.3 is 10.6 Å². The fourth-order valence-corrected chi connectivity index (χ4v) is 2.72. The maximum absolute atomic E-state index is 13.7. The maximum Gasteiger partial charge on any atom is 0.136 e. The van der Waals surface area contributed by atoms with Crippen LogP contribution < -0.4 is 10.6 Å². The number of halogens is 1. The third-order valence-corrected chi connectivity index (χ3v) is 4.13. The van der Waals surface area contributed by atoms with E-state index in [1.165, 1.54) is 11.6 Å². The molecule has 0 radical (unpaired) electrons. The van der Waals surface area contributed by atoms with Crippen molar-refractivity contribution in [2.75, 3.05) is 17.2 Å². The Morgan fingerprint density at radius 2 is 1.69 bits per heavy atom. The summed E-state index contributed by atoms with van der Waals surface area (Å²) in [5, 5.41) is 6.55. The molecule has 0 amide bonds. The van der Waals surface area contributed by atoms with Crippen molar-refractivity contribution in [3.63, 3.8) is 0 Å². The van der Waals surface area contributed by atoms with Crippen LogP contribution >= 0.6 is 0 Å². The van der Waals surface area contributed by atoms with Crippen LogP contribution in [-0.2, 0) is 12.8 Å². The molecule has 0 saturated heterocycles. The number of aromatic nitrogens is 2. The number of nitrogens with zero attached hydrogens (tertiary/aromatic N) is 2. The van der Waals surface area contributed by atoms with Crippen molar-refractivity contribution in [3.8, 4) is 0 Å². The van der Waals surface area contributed by atoms with Gasteiger partial charge in [-0.3, -0.25) is 0 Å². The molecule has 134 valence electrons. The van der Waals surface area contributed by atoms with Crippen LogP contribution in [0.3, 0.4) is 0 Å². The van der Waals surface area contributed by atoms with E-state index in [-0.39, 0.29) is 5.82 Å². The molecule has 1 aromatic heterocycles. The van der Waals surface area contributed by atoms with E-state index in [1.54, 1.807) is 12.1 Å². The summed E-state index contributed by atoms with van der Waals surface area (Å²) in [6.07, 6.45) is 1.61. The molecule has 0 spiro atoms. The molecule has 2 aromatic carbocycles. The molecule has 0 atom stereocenters. The monoisotopic (exact) mass is 350 g/mol. The molecule has 26 heavy (non-hydrogen) atoms. The predicted molar refractivity (Wildman–Crippen MR) is 104 cm³/mol. The van der Waals surface area contributed by atoms with Crippen LogP contribution in [0.25, 0.3) is 0 Å². The Labute approximate surface area is 153 Å². The fraction of sp³-hybridized carbons (Fsp3) is 0.238. The Bertz CT molecular complexity index is 862. The molecular formula is C21H23FN4.